The summed E-state index contributed by atoms with van der Waals surface area (Å²) >= 11 is 1.70. The Kier molecular flexibility index (Phi) is 4.92. The van der Waals surface area contributed by atoms with Gasteiger partial charge in [0.25, 0.3) is 0 Å². The molecule has 0 aliphatic rings. The molecule has 0 aliphatic heterocycles. The molecule has 3 aromatic rings. The SMILES string of the molecule is OC(C#CC#Cc1ccccc1)c1ccc(-c2cccs2)cc1. The monoisotopic (exact) mass is 314 g/mol. The Morgan fingerprint density at radius 3 is 2.30 bits per heavy atom. The van der Waals surface area contributed by atoms with Crippen molar-refractivity contribution in [2.45, 2.75) is 6.10 Å². The Labute approximate surface area is 140 Å². The van der Waals surface area contributed by atoms with Crippen LogP contribution in [0, 0.1) is 23.7 Å². The van der Waals surface area contributed by atoms with Crippen LogP contribution in [-0.2, 0) is 0 Å². The number of thiophene rings is 1. The van der Waals surface area contributed by atoms with E-state index in [-0.39, 0.29) is 0 Å². The zero-order chi connectivity index (χ0) is 15.9. The number of hydrogen-bond donors (Lipinski definition) is 1. The molecular formula is C21H14OS. The van der Waals surface area contributed by atoms with Crippen LogP contribution >= 0.6 is 11.3 Å². The molecule has 0 fully saturated rings. The number of aliphatic hydroxyl groups is 1. The third-order valence-corrected chi connectivity index (χ3v) is 4.20. The lowest BCUT2D eigenvalue weighted by Crippen LogP contribution is -1.92. The van der Waals surface area contributed by atoms with Crippen molar-refractivity contribution in [3.63, 3.8) is 0 Å². The average Bonchev–Trinajstić information content (AvgIpc) is 3.14. The predicted molar refractivity (Wildman–Crippen MR) is 95.8 cm³/mol. The van der Waals surface area contributed by atoms with Gasteiger partial charge in [-0.1, -0.05) is 60.4 Å². The summed E-state index contributed by atoms with van der Waals surface area (Å²) in [6, 6.07) is 21.6. The normalized spacial score (nSPS) is 10.8. The minimum atomic E-state index is -0.822. The van der Waals surface area contributed by atoms with Crippen molar-refractivity contribution in [1.29, 1.82) is 0 Å². The molecule has 1 unspecified atom stereocenters. The van der Waals surface area contributed by atoms with Crippen LogP contribution in [0.1, 0.15) is 17.2 Å². The van der Waals surface area contributed by atoms with E-state index in [0.717, 1.165) is 16.7 Å². The van der Waals surface area contributed by atoms with E-state index in [4.69, 9.17) is 0 Å². The van der Waals surface area contributed by atoms with E-state index >= 15 is 0 Å². The molecule has 1 N–H and O–H groups in total. The van der Waals surface area contributed by atoms with Gasteiger partial charge in [0.2, 0.25) is 0 Å². The lowest BCUT2D eigenvalue weighted by Gasteiger charge is -2.04. The van der Waals surface area contributed by atoms with Crippen LogP contribution in [0.15, 0.2) is 72.1 Å². The van der Waals surface area contributed by atoms with Crippen molar-refractivity contribution in [1.82, 2.24) is 0 Å². The van der Waals surface area contributed by atoms with Gasteiger partial charge in [-0.25, -0.2) is 0 Å². The van der Waals surface area contributed by atoms with Gasteiger partial charge in [0, 0.05) is 10.4 Å². The summed E-state index contributed by atoms with van der Waals surface area (Å²) in [7, 11) is 0. The van der Waals surface area contributed by atoms with Crippen LogP contribution in [-0.4, -0.2) is 5.11 Å². The van der Waals surface area contributed by atoms with Gasteiger partial charge in [0.05, 0.1) is 0 Å². The molecule has 0 saturated heterocycles. The Balaban J connectivity index is 1.68. The van der Waals surface area contributed by atoms with E-state index in [2.05, 4.69) is 35.1 Å². The van der Waals surface area contributed by atoms with Crippen molar-refractivity contribution < 1.29 is 5.11 Å². The summed E-state index contributed by atoms with van der Waals surface area (Å²) in [6.07, 6.45) is -0.822. The third-order valence-electron chi connectivity index (χ3n) is 3.28. The van der Waals surface area contributed by atoms with Crippen molar-refractivity contribution in [3.05, 3.63) is 83.2 Å². The molecule has 110 valence electrons. The zero-order valence-electron chi connectivity index (χ0n) is 12.4. The molecule has 0 spiro atoms. The van der Waals surface area contributed by atoms with E-state index in [1.807, 2.05) is 60.7 Å². The first-order chi connectivity index (χ1) is 11.3. The Morgan fingerprint density at radius 2 is 1.61 bits per heavy atom. The Hall–Kier alpha value is -2.78. The number of rotatable bonds is 2. The van der Waals surface area contributed by atoms with Gasteiger partial charge >= 0.3 is 0 Å². The van der Waals surface area contributed by atoms with Gasteiger partial charge < -0.3 is 5.11 Å². The molecule has 0 saturated carbocycles. The highest BCUT2D eigenvalue weighted by Gasteiger charge is 2.04. The quantitative estimate of drug-likeness (QED) is 0.690. The fraction of sp³-hybridized carbons (Fsp3) is 0.0476. The van der Waals surface area contributed by atoms with Gasteiger partial charge in [-0.05, 0) is 46.5 Å². The van der Waals surface area contributed by atoms with Crippen LogP contribution < -0.4 is 0 Å². The van der Waals surface area contributed by atoms with Crippen molar-refractivity contribution in [2.75, 3.05) is 0 Å². The van der Waals surface area contributed by atoms with E-state index in [0.29, 0.717) is 0 Å². The minimum Gasteiger partial charge on any atom is -0.376 e. The molecule has 1 nitrogen and oxygen atoms in total. The topological polar surface area (TPSA) is 20.2 Å². The standard InChI is InChI=1S/C21H14OS/c22-20(10-5-4-9-17-7-2-1-3-8-17)18-12-14-19(15-13-18)21-11-6-16-23-21/h1-3,6-8,11-16,20,22H. The molecule has 0 radical (unpaired) electrons. The highest BCUT2D eigenvalue weighted by molar-refractivity contribution is 7.13. The van der Waals surface area contributed by atoms with Crippen molar-refractivity contribution >= 4 is 11.3 Å². The first-order valence-corrected chi connectivity index (χ1v) is 8.09. The second-order valence-corrected chi connectivity index (χ2v) is 5.83. The van der Waals surface area contributed by atoms with E-state index in [1.54, 1.807) is 11.3 Å². The predicted octanol–water partition coefficient (Wildman–Crippen LogP) is 4.50. The molecule has 1 aromatic heterocycles. The van der Waals surface area contributed by atoms with E-state index < -0.39 is 6.10 Å². The van der Waals surface area contributed by atoms with Crippen LogP contribution in [0.5, 0.6) is 0 Å². The van der Waals surface area contributed by atoms with Gasteiger partial charge in [0.1, 0.15) is 6.10 Å². The maximum absolute atomic E-state index is 10.1. The van der Waals surface area contributed by atoms with Crippen LogP contribution in [0.4, 0.5) is 0 Å². The molecule has 23 heavy (non-hydrogen) atoms. The first kappa shape index (κ1) is 15.1. The lowest BCUT2D eigenvalue weighted by molar-refractivity contribution is 0.238. The molecule has 0 amide bonds. The second kappa shape index (κ2) is 7.47. The fourth-order valence-electron chi connectivity index (χ4n) is 2.09. The fourth-order valence-corrected chi connectivity index (χ4v) is 2.82. The van der Waals surface area contributed by atoms with Gasteiger partial charge in [-0.15, -0.1) is 11.3 Å². The van der Waals surface area contributed by atoms with Crippen LogP contribution in [0.3, 0.4) is 0 Å². The smallest absolute Gasteiger partial charge is 0.141 e. The zero-order valence-corrected chi connectivity index (χ0v) is 13.2. The van der Waals surface area contributed by atoms with Gasteiger partial charge in [-0.2, -0.15) is 0 Å². The molecule has 2 aromatic carbocycles. The summed E-state index contributed by atoms with van der Waals surface area (Å²) in [5.41, 5.74) is 2.84. The highest BCUT2D eigenvalue weighted by atomic mass is 32.1. The van der Waals surface area contributed by atoms with Crippen molar-refractivity contribution in [3.8, 4) is 34.1 Å². The van der Waals surface area contributed by atoms with Gasteiger partial charge in [-0.3, -0.25) is 0 Å². The summed E-state index contributed by atoms with van der Waals surface area (Å²) in [5, 5.41) is 12.2. The molecule has 1 atom stereocenters. The molecular weight excluding hydrogens is 300 g/mol. The second-order valence-electron chi connectivity index (χ2n) is 4.89. The molecule has 0 aliphatic carbocycles. The summed E-state index contributed by atoms with van der Waals surface area (Å²) < 4.78 is 0. The van der Waals surface area contributed by atoms with Crippen LogP contribution in [0.2, 0.25) is 0 Å². The highest BCUT2D eigenvalue weighted by Crippen LogP contribution is 2.25. The van der Waals surface area contributed by atoms with Crippen molar-refractivity contribution in [2.24, 2.45) is 0 Å². The summed E-state index contributed by atoms with van der Waals surface area (Å²) in [6.45, 7) is 0. The van der Waals surface area contributed by atoms with E-state index in [1.165, 1.54) is 4.88 Å². The molecule has 2 heteroatoms. The third kappa shape index (κ3) is 4.11. The Morgan fingerprint density at radius 1 is 0.826 bits per heavy atom. The molecule has 0 bridgehead atoms. The number of aliphatic hydroxyl groups excluding tert-OH is 1. The number of hydrogen-bond acceptors (Lipinski definition) is 2. The summed E-state index contributed by atoms with van der Waals surface area (Å²) in [4.78, 5) is 1.21. The maximum atomic E-state index is 10.1. The Bertz CT molecular complexity index is 870. The average molecular weight is 314 g/mol. The minimum absolute atomic E-state index is 0.777. The number of benzene rings is 2. The lowest BCUT2D eigenvalue weighted by atomic mass is 10.1. The van der Waals surface area contributed by atoms with E-state index in [9.17, 15) is 5.11 Å². The maximum Gasteiger partial charge on any atom is 0.141 e. The van der Waals surface area contributed by atoms with Gasteiger partial charge in [0.15, 0.2) is 0 Å². The summed E-state index contributed by atoms with van der Waals surface area (Å²) in [5.74, 6) is 11.2. The molecule has 1 heterocycles. The first-order valence-electron chi connectivity index (χ1n) is 7.21. The molecule has 3 rings (SSSR count). The largest absolute Gasteiger partial charge is 0.376 e. The van der Waals surface area contributed by atoms with Crippen LogP contribution in [0.25, 0.3) is 10.4 Å².